The Morgan fingerprint density at radius 3 is 1.97 bits per heavy atom. The maximum absolute atomic E-state index is 11.6. The van der Waals surface area contributed by atoms with Crippen molar-refractivity contribution in [1.29, 1.82) is 0 Å². The van der Waals surface area contributed by atoms with E-state index in [1.54, 1.807) is 0 Å². The maximum atomic E-state index is 11.6. The van der Waals surface area contributed by atoms with Crippen LogP contribution in [0.5, 0.6) is 23.0 Å². The highest BCUT2D eigenvalue weighted by atomic mass is 79.9. The lowest BCUT2D eigenvalue weighted by atomic mass is 9.84. The van der Waals surface area contributed by atoms with Gasteiger partial charge in [0.1, 0.15) is 22.9 Å². The molecular formula is C25H16BrNO6. The Morgan fingerprint density at radius 1 is 0.879 bits per heavy atom. The Kier molecular flexibility index (Phi) is 4.75. The van der Waals surface area contributed by atoms with E-state index in [4.69, 9.17) is 0 Å². The van der Waals surface area contributed by atoms with E-state index >= 15 is 0 Å². The molecule has 8 heteroatoms. The van der Waals surface area contributed by atoms with E-state index in [0.717, 1.165) is 17.0 Å². The lowest BCUT2D eigenvalue weighted by Crippen LogP contribution is -1.99. The number of phenolic OH excluding ortho intramolecular Hbond substituents is 4. The zero-order valence-electron chi connectivity index (χ0n) is 17.0. The summed E-state index contributed by atoms with van der Waals surface area (Å²) in [4.78, 5) is 15.8. The number of ether oxygens (including phenoxy) is 1. The Morgan fingerprint density at radius 2 is 1.42 bits per heavy atom. The molecule has 33 heavy (non-hydrogen) atoms. The van der Waals surface area contributed by atoms with E-state index < -0.39 is 5.97 Å². The van der Waals surface area contributed by atoms with Gasteiger partial charge in [-0.1, -0.05) is 30.8 Å². The lowest BCUT2D eigenvalue weighted by Gasteiger charge is -2.21. The van der Waals surface area contributed by atoms with E-state index in [1.807, 2.05) is 24.3 Å². The molecule has 0 saturated heterocycles. The van der Waals surface area contributed by atoms with E-state index in [2.05, 4.69) is 32.2 Å². The van der Waals surface area contributed by atoms with E-state index in [-0.39, 0.29) is 45.0 Å². The molecule has 0 saturated carbocycles. The SMILES string of the molecule is C=COC(=O)CC=Nc1c(Br)c(O)c2c(c1O)c1c3ccccc3c2c2c(O)ccc(O)c21. The third-order valence-corrected chi connectivity index (χ3v) is 6.44. The van der Waals surface area contributed by atoms with Gasteiger partial charge in [0.05, 0.1) is 17.2 Å². The van der Waals surface area contributed by atoms with Crippen LogP contribution in [0.25, 0.3) is 43.1 Å². The minimum Gasteiger partial charge on any atom is -0.507 e. The summed E-state index contributed by atoms with van der Waals surface area (Å²) in [6.07, 6.45) is 2.08. The van der Waals surface area contributed by atoms with Crippen molar-refractivity contribution >= 4 is 76.9 Å². The van der Waals surface area contributed by atoms with Crippen LogP contribution in [0, 0.1) is 0 Å². The second-order valence-electron chi connectivity index (χ2n) is 7.43. The van der Waals surface area contributed by atoms with E-state index in [1.165, 1.54) is 18.3 Å². The number of benzene rings is 6. The molecule has 6 aromatic carbocycles. The van der Waals surface area contributed by atoms with Crippen molar-refractivity contribution in [3.8, 4) is 23.0 Å². The largest absolute Gasteiger partial charge is 0.507 e. The summed E-state index contributed by atoms with van der Waals surface area (Å²) in [5.74, 6) is -1.17. The molecule has 7 nitrogen and oxygen atoms in total. The molecular weight excluding hydrogens is 490 g/mol. The molecule has 0 spiro atoms. The lowest BCUT2D eigenvalue weighted by molar-refractivity contribution is -0.136. The summed E-state index contributed by atoms with van der Waals surface area (Å²) in [5, 5.41) is 47.6. The minimum atomic E-state index is -0.584. The highest BCUT2D eigenvalue weighted by molar-refractivity contribution is 9.10. The van der Waals surface area contributed by atoms with Crippen LogP contribution < -0.4 is 0 Å². The van der Waals surface area contributed by atoms with Gasteiger partial charge in [0.2, 0.25) is 0 Å². The highest BCUT2D eigenvalue weighted by Crippen LogP contribution is 2.58. The van der Waals surface area contributed by atoms with Crippen LogP contribution in [-0.2, 0) is 9.53 Å². The standard InChI is InChI=1S/C25H16BrNO6/c1-2-33-15(30)9-10-27-23-22(26)24(31)20-16-11-5-3-4-6-12(11)17(21(20)25(23)32)19-14(29)8-7-13(28)18(16)19/h2-8,10,28-29,31-32H,1,9H2. The van der Waals surface area contributed by atoms with Gasteiger partial charge in [-0.2, -0.15) is 0 Å². The molecule has 0 aliphatic rings. The molecule has 0 aliphatic carbocycles. The van der Waals surface area contributed by atoms with Gasteiger partial charge in [-0.15, -0.1) is 0 Å². The fourth-order valence-electron chi connectivity index (χ4n) is 4.43. The number of esters is 1. The van der Waals surface area contributed by atoms with E-state index in [9.17, 15) is 25.2 Å². The highest BCUT2D eigenvalue weighted by Gasteiger charge is 2.28. The Bertz CT molecular complexity index is 1660. The summed E-state index contributed by atoms with van der Waals surface area (Å²) >= 11 is 3.30. The number of nitrogens with zero attached hydrogens (tertiary/aromatic N) is 1. The summed E-state index contributed by atoms with van der Waals surface area (Å²) in [6, 6.07) is 10.1. The number of carbonyl (C=O) groups excluding carboxylic acids is 1. The molecule has 0 heterocycles. The van der Waals surface area contributed by atoms with Crippen LogP contribution in [0.2, 0.25) is 0 Å². The first-order valence-electron chi connectivity index (χ1n) is 9.87. The summed E-state index contributed by atoms with van der Waals surface area (Å²) in [5.41, 5.74) is 0.0111. The Labute approximate surface area is 194 Å². The van der Waals surface area contributed by atoms with Gasteiger partial charge < -0.3 is 25.2 Å². The quantitative estimate of drug-likeness (QED) is 0.0769. The molecule has 0 aromatic heterocycles. The number of phenols is 4. The average molecular weight is 506 g/mol. The first-order valence-corrected chi connectivity index (χ1v) is 10.7. The molecule has 0 unspecified atom stereocenters. The fourth-order valence-corrected chi connectivity index (χ4v) is 4.92. The van der Waals surface area contributed by atoms with Crippen LogP contribution in [0.15, 0.2) is 58.7 Å². The first-order chi connectivity index (χ1) is 15.9. The topological polar surface area (TPSA) is 120 Å². The monoisotopic (exact) mass is 505 g/mol. The van der Waals surface area contributed by atoms with Crippen LogP contribution >= 0.6 is 15.9 Å². The van der Waals surface area contributed by atoms with Crippen LogP contribution in [0.1, 0.15) is 6.42 Å². The van der Waals surface area contributed by atoms with Gasteiger partial charge in [0.25, 0.3) is 0 Å². The number of aromatic hydroxyl groups is 4. The molecule has 0 aliphatic heterocycles. The number of hydrogen-bond donors (Lipinski definition) is 4. The predicted octanol–water partition coefficient (Wildman–Crippen LogP) is 6.10. The van der Waals surface area contributed by atoms with Gasteiger partial charge in [-0.25, -0.2) is 0 Å². The third kappa shape index (κ3) is 2.87. The first kappa shape index (κ1) is 20.8. The molecule has 4 N–H and O–H groups in total. The van der Waals surface area contributed by atoms with Gasteiger partial charge >= 0.3 is 5.97 Å². The average Bonchev–Trinajstić information content (AvgIpc) is 2.81. The second kappa shape index (κ2) is 7.53. The number of carbonyl (C=O) groups is 1. The van der Waals surface area contributed by atoms with Gasteiger partial charge in [-0.3, -0.25) is 9.79 Å². The van der Waals surface area contributed by atoms with Crippen molar-refractivity contribution in [1.82, 2.24) is 0 Å². The molecule has 6 aromatic rings. The van der Waals surface area contributed by atoms with Gasteiger partial charge in [0.15, 0.2) is 5.75 Å². The predicted molar refractivity (Wildman–Crippen MR) is 131 cm³/mol. The molecule has 2 bridgehead atoms. The van der Waals surface area contributed by atoms with Crippen molar-refractivity contribution in [2.45, 2.75) is 6.42 Å². The Hall–Kier alpha value is -4.04. The molecule has 6 rings (SSSR count). The maximum Gasteiger partial charge on any atom is 0.316 e. The molecule has 164 valence electrons. The number of aliphatic imine (C=N–C) groups is 1. The van der Waals surface area contributed by atoms with Crippen LogP contribution in [-0.4, -0.2) is 32.6 Å². The van der Waals surface area contributed by atoms with E-state index in [0.29, 0.717) is 26.9 Å². The number of hydrogen-bond acceptors (Lipinski definition) is 7. The summed E-state index contributed by atoms with van der Waals surface area (Å²) < 4.78 is 4.77. The van der Waals surface area contributed by atoms with Crippen molar-refractivity contribution < 1.29 is 30.0 Å². The van der Waals surface area contributed by atoms with Gasteiger partial charge in [-0.05, 0) is 38.8 Å². The number of rotatable bonds is 4. The normalized spacial score (nSPS) is 11.9. The van der Waals surface area contributed by atoms with Crippen molar-refractivity contribution in [2.75, 3.05) is 0 Å². The summed E-state index contributed by atoms with van der Waals surface area (Å²) in [7, 11) is 0. The Balaban J connectivity index is 1.96. The summed E-state index contributed by atoms with van der Waals surface area (Å²) in [6.45, 7) is 3.32. The van der Waals surface area contributed by atoms with Crippen LogP contribution in [0.3, 0.4) is 0 Å². The zero-order valence-corrected chi connectivity index (χ0v) is 18.5. The van der Waals surface area contributed by atoms with Crippen molar-refractivity contribution in [2.24, 2.45) is 4.99 Å². The number of halogens is 1. The molecule has 0 fully saturated rings. The fraction of sp³-hybridized carbons (Fsp3) is 0.0400. The molecule has 0 atom stereocenters. The van der Waals surface area contributed by atoms with Gasteiger partial charge in [0, 0.05) is 38.5 Å². The zero-order chi connectivity index (χ0) is 23.4. The molecule has 0 radical (unpaired) electrons. The van der Waals surface area contributed by atoms with Crippen molar-refractivity contribution in [3.63, 3.8) is 0 Å². The second-order valence-corrected chi connectivity index (χ2v) is 8.22. The third-order valence-electron chi connectivity index (χ3n) is 5.68. The minimum absolute atomic E-state index is 0.0111. The molecule has 0 amide bonds. The van der Waals surface area contributed by atoms with Crippen LogP contribution in [0.4, 0.5) is 5.69 Å². The van der Waals surface area contributed by atoms with Crippen molar-refractivity contribution in [3.05, 3.63) is 53.7 Å². The smallest absolute Gasteiger partial charge is 0.316 e.